The van der Waals surface area contributed by atoms with E-state index in [1.54, 1.807) is 12.1 Å². The molecule has 2 rings (SSSR count). The van der Waals surface area contributed by atoms with E-state index >= 15 is 0 Å². The number of methoxy groups -OCH3 is 1. The van der Waals surface area contributed by atoms with Gasteiger partial charge < -0.3 is 19.9 Å². The molecule has 1 aromatic rings. The number of carbonyl (C=O) groups is 4. The fraction of sp³-hybridized carbons (Fsp3) is 0.368. The summed E-state index contributed by atoms with van der Waals surface area (Å²) in [6, 6.07) is 4.67. The Kier molecular flexibility index (Phi) is 7.66. The van der Waals surface area contributed by atoms with Gasteiger partial charge in [-0.3, -0.25) is 19.3 Å². The Hall–Kier alpha value is -3.01. The highest BCUT2D eigenvalue weighted by Gasteiger charge is 2.36. The van der Waals surface area contributed by atoms with Crippen molar-refractivity contribution in [3.05, 3.63) is 28.7 Å². The Morgan fingerprint density at radius 3 is 2.62 bits per heavy atom. The lowest BCUT2D eigenvalue weighted by Gasteiger charge is -2.13. The number of hydrogen-bond acceptors (Lipinski definition) is 7. The van der Waals surface area contributed by atoms with Gasteiger partial charge in [-0.1, -0.05) is 19.9 Å². The van der Waals surface area contributed by atoms with Crippen LogP contribution in [0.15, 0.2) is 23.1 Å². The van der Waals surface area contributed by atoms with E-state index in [0.29, 0.717) is 12.1 Å². The second kappa shape index (κ2) is 9.97. The van der Waals surface area contributed by atoms with Crippen molar-refractivity contribution in [3.63, 3.8) is 0 Å². The molecule has 156 valence electrons. The predicted molar refractivity (Wildman–Crippen MR) is 107 cm³/mol. The van der Waals surface area contributed by atoms with Crippen LogP contribution < -0.4 is 14.8 Å². The highest BCUT2D eigenvalue weighted by Crippen LogP contribution is 2.34. The zero-order valence-electron chi connectivity index (χ0n) is 16.3. The number of aliphatic carboxylic acids is 1. The molecule has 1 aliphatic rings. The van der Waals surface area contributed by atoms with E-state index in [2.05, 4.69) is 5.32 Å². The van der Waals surface area contributed by atoms with Gasteiger partial charge in [-0.05, 0) is 41.5 Å². The van der Waals surface area contributed by atoms with Crippen LogP contribution in [0, 0.1) is 5.92 Å². The summed E-state index contributed by atoms with van der Waals surface area (Å²) < 4.78 is 10.3. The summed E-state index contributed by atoms with van der Waals surface area (Å²) in [7, 11) is 1.40. The minimum Gasteiger partial charge on any atom is -0.493 e. The molecule has 3 amide bonds. The van der Waals surface area contributed by atoms with Gasteiger partial charge in [-0.25, -0.2) is 4.79 Å². The van der Waals surface area contributed by atoms with E-state index in [4.69, 9.17) is 14.6 Å². The highest BCUT2D eigenvalue weighted by molar-refractivity contribution is 8.18. The van der Waals surface area contributed by atoms with Crippen LogP contribution in [0.5, 0.6) is 11.5 Å². The molecule has 10 heteroatoms. The minimum absolute atomic E-state index is 0.174. The van der Waals surface area contributed by atoms with Gasteiger partial charge in [-0.15, -0.1) is 0 Å². The molecule has 0 atom stereocenters. The third-order valence-corrected chi connectivity index (χ3v) is 4.63. The number of benzene rings is 1. The predicted octanol–water partition coefficient (Wildman–Crippen LogP) is 1.97. The first-order chi connectivity index (χ1) is 13.7. The van der Waals surface area contributed by atoms with Crippen molar-refractivity contribution in [1.29, 1.82) is 0 Å². The second-order valence-corrected chi connectivity index (χ2v) is 7.55. The summed E-state index contributed by atoms with van der Waals surface area (Å²) in [4.78, 5) is 48.3. The summed E-state index contributed by atoms with van der Waals surface area (Å²) in [6.45, 7) is 3.49. The third-order valence-electron chi connectivity index (χ3n) is 3.72. The maximum absolute atomic E-state index is 12.5. The fourth-order valence-electron chi connectivity index (χ4n) is 2.34. The van der Waals surface area contributed by atoms with Crippen LogP contribution in [0.2, 0.25) is 0 Å². The van der Waals surface area contributed by atoms with Crippen molar-refractivity contribution >= 4 is 40.9 Å². The van der Waals surface area contributed by atoms with Gasteiger partial charge in [0.1, 0.15) is 6.54 Å². The molecule has 29 heavy (non-hydrogen) atoms. The fourth-order valence-corrected chi connectivity index (χ4v) is 3.18. The average Bonchev–Trinajstić information content (AvgIpc) is 2.92. The van der Waals surface area contributed by atoms with Gasteiger partial charge in [0.15, 0.2) is 18.1 Å². The molecule has 0 bridgehead atoms. The molecule has 1 saturated heterocycles. The van der Waals surface area contributed by atoms with Crippen LogP contribution in [-0.4, -0.2) is 59.8 Å². The number of imide groups is 1. The molecule has 1 heterocycles. The van der Waals surface area contributed by atoms with Crippen LogP contribution >= 0.6 is 11.8 Å². The van der Waals surface area contributed by atoms with Crippen LogP contribution in [0.3, 0.4) is 0 Å². The Morgan fingerprint density at radius 1 is 1.28 bits per heavy atom. The van der Waals surface area contributed by atoms with E-state index < -0.39 is 29.6 Å². The van der Waals surface area contributed by atoms with E-state index in [1.165, 1.54) is 19.3 Å². The molecular formula is C19H22N2O7S. The Morgan fingerprint density at radius 2 is 2.00 bits per heavy atom. The van der Waals surface area contributed by atoms with Gasteiger partial charge in [0.25, 0.3) is 11.1 Å². The van der Waals surface area contributed by atoms with E-state index in [9.17, 15) is 19.2 Å². The van der Waals surface area contributed by atoms with Gasteiger partial charge in [-0.2, -0.15) is 0 Å². The number of hydrogen-bond donors (Lipinski definition) is 2. The normalized spacial score (nSPS) is 15.2. The first-order valence-electron chi connectivity index (χ1n) is 8.76. The minimum atomic E-state index is -1.12. The molecule has 1 fully saturated rings. The molecule has 0 aromatic heterocycles. The van der Waals surface area contributed by atoms with E-state index in [1.807, 2.05) is 13.8 Å². The lowest BCUT2D eigenvalue weighted by atomic mass is 10.2. The standard InChI is InChI=1S/C19H22N2O7S/c1-11(2)8-20-16(22)9-21-18(25)15(29-19(21)26)7-12-4-5-13(14(6-12)27-3)28-10-17(23)24/h4-7,11H,8-10H2,1-3H3,(H,20,22)(H,23,24)/b15-7-. The lowest BCUT2D eigenvalue weighted by Crippen LogP contribution is -2.40. The van der Waals surface area contributed by atoms with Crippen molar-refractivity contribution in [2.75, 3.05) is 26.8 Å². The van der Waals surface area contributed by atoms with Crippen LogP contribution in [0.25, 0.3) is 6.08 Å². The number of carboxylic acid groups (broad SMARTS) is 1. The summed E-state index contributed by atoms with van der Waals surface area (Å²) in [6.07, 6.45) is 1.50. The third kappa shape index (κ3) is 6.24. The number of ether oxygens (including phenoxy) is 2. The van der Waals surface area contributed by atoms with Crippen molar-refractivity contribution in [1.82, 2.24) is 10.2 Å². The number of amides is 3. The molecule has 0 unspecified atom stereocenters. The topological polar surface area (TPSA) is 122 Å². The Balaban J connectivity index is 2.12. The number of rotatable bonds is 9. The Labute approximate surface area is 172 Å². The van der Waals surface area contributed by atoms with Gasteiger partial charge in [0.05, 0.1) is 12.0 Å². The molecule has 2 N–H and O–H groups in total. The van der Waals surface area contributed by atoms with Crippen molar-refractivity contribution < 1.29 is 33.8 Å². The molecule has 9 nitrogen and oxygen atoms in total. The van der Waals surface area contributed by atoms with Gasteiger partial charge in [0.2, 0.25) is 5.91 Å². The quantitative estimate of drug-likeness (QED) is 0.579. The number of nitrogens with one attached hydrogen (secondary N) is 1. The first-order valence-corrected chi connectivity index (χ1v) is 9.57. The zero-order valence-corrected chi connectivity index (χ0v) is 17.1. The van der Waals surface area contributed by atoms with Gasteiger partial charge >= 0.3 is 5.97 Å². The number of nitrogens with zero attached hydrogens (tertiary/aromatic N) is 1. The zero-order chi connectivity index (χ0) is 21.6. The largest absolute Gasteiger partial charge is 0.493 e. The maximum Gasteiger partial charge on any atom is 0.341 e. The SMILES string of the molecule is COc1cc(/C=C2\SC(=O)N(CC(=O)NCC(C)C)C2=O)ccc1OCC(=O)O. The van der Waals surface area contributed by atoms with Gasteiger partial charge in [0, 0.05) is 6.54 Å². The van der Waals surface area contributed by atoms with E-state index in [-0.39, 0.29) is 28.9 Å². The summed E-state index contributed by atoms with van der Waals surface area (Å²) >= 11 is 0.744. The van der Waals surface area contributed by atoms with Crippen molar-refractivity contribution in [2.24, 2.45) is 5.92 Å². The monoisotopic (exact) mass is 422 g/mol. The number of thioether (sulfide) groups is 1. The molecule has 0 radical (unpaired) electrons. The smallest absolute Gasteiger partial charge is 0.341 e. The Bertz CT molecular complexity index is 851. The summed E-state index contributed by atoms with van der Waals surface area (Å²) in [5.41, 5.74) is 0.555. The van der Waals surface area contributed by atoms with Crippen molar-refractivity contribution in [3.8, 4) is 11.5 Å². The number of carboxylic acids is 1. The molecule has 1 aliphatic heterocycles. The van der Waals surface area contributed by atoms with Crippen LogP contribution in [0.1, 0.15) is 19.4 Å². The molecule has 0 saturated carbocycles. The van der Waals surface area contributed by atoms with Crippen LogP contribution in [0.4, 0.5) is 4.79 Å². The second-order valence-electron chi connectivity index (χ2n) is 6.56. The van der Waals surface area contributed by atoms with Crippen LogP contribution in [-0.2, 0) is 14.4 Å². The average molecular weight is 422 g/mol. The highest BCUT2D eigenvalue weighted by atomic mass is 32.2. The maximum atomic E-state index is 12.5. The first kappa shape index (κ1) is 22.3. The molecule has 0 spiro atoms. The summed E-state index contributed by atoms with van der Waals surface area (Å²) in [5, 5.41) is 10.9. The molecule has 1 aromatic carbocycles. The molecule has 0 aliphatic carbocycles. The lowest BCUT2D eigenvalue weighted by molar-refractivity contribution is -0.139. The van der Waals surface area contributed by atoms with E-state index in [0.717, 1.165) is 16.7 Å². The summed E-state index contributed by atoms with van der Waals surface area (Å²) in [5.74, 6) is -1.29. The number of carbonyl (C=O) groups excluding carboxylic acids is 3. The molecular weight excluding hydrogens is 400 g/mol. The van der Waals surface area contributed by atoms with Crippen molar-refractivity contribution in [2.45, 2.75) is 13.8 Å².